The maximum atomic E-state index is 4.64. The van der Waals surface area contributed by atoms with E-state index in [4.69, 9.17) is 0 Å². The summed E-state index contributed by atoms with van der Waals surface area (Å²) in [6.07, 6.45) is 0. The quantitative estimate of drug-likeness (QED) is 0.301. The van der Waals surface area contributed by atoms with Gasteiger partial charge in [-0.05, 0) is 59.2 Å². The molecule has 134 valence electrons. The summed E-state index contributed by atoms with van der Waals surface area (Å²) in [6.45, 7) is 27.0. The Morgan fingerprint density at radius 1 is 0.375 bits per heavy atom. The Labute approximate surface area is 170 Å². The first-order chi connectivity index (χ1) is 11.1. The predicted molar refractivity (Wildman–Crippen MR) is 106 cm³/mol. The van der Waals surface area contributed by atoms with E-state index in [0.717, 1.165) is 0 Å². The van der Waals surface area contributed by atoms with E-state index in [1.807, 2.05) is 0 Å². The third-order valence-electron chi connectivity index (χ3n) is 5.62. The standard InChI is InChI=1S/2C10H15.C2H5.ClH.Ti/c2*1-6-7(2)9(4)10(5)8(6)3;1-2;;/h2*1-5H3;1H2,2H3;1H;/q;;-1;;+2/p-1. The molecule has 0 bridgehead atoms. The van der Waals surface area contributed by atoms with Crippen LogP contribution in [0.15, 0.2) is 0 Å². The summed E-state index contributed by atoms with van der Waals surface area (Å²) in [5, 5.41) is 0. The van der Waals surface area contributed by atoms with Gasteiger partial charge in [-0.15, -0.1) is 0 Å². The fourth-order valence-electron chi connectivity index (χ4n) is 2.81. The molecule has 2 aliphatic rings. The van der Waals surface area contributed by atoms with Gasteiger partial charge >= 0.3 is 28.7 Å². The van der Waals surface area contributed by atoms with Gasteiger partial charge in [0.15, 0.2) is 0 Å². The molecule has 2 aliphatic carbocycles. The van der Waals surface area contributed by atoms with E-state index < -0.39 is 0 Å². The van der Waals surface area contributed by atoms with Crippen LogP contribution in [0.3, 0.4) is 0 Å². The third-order valence-corrected chi connectivity index (χ3v) is 5.62. The molecule has 0 spiro atoms. The Bertz CT molecular complexity index is 187. The first kappa shape index (κ1) is 27.2. The Morgan fingerprint density at radius 3 is 0.458 bits per heavy atom. The number of hydrogen-bond acceptors (Lipinski definition) is 0. The number of rotatable bonds is 0. The Balaban J connectivity index is 0. The third kappa shape index (κ3) is 6.62. The van der Waals surface area contributed by atoms with Crippen molar-refractivity contribution < 1.29 is 19.4 Å². The van der Waals surface area contributed by atoms with E-state index in [9.17, 15) is 0 Å². The predicted octanol–water partition coefficient (Wildman–Crippen LogP) is 7.47. The van der Waals surface area contributed by atoms with Gasteiger partial charge in [0, 0.05) is 0 Å². The average molecular weight is 383 g/mol. The van der Waals surface area contributed by atoms with Crippen molar-refractivity contribution in [1.29, 1.82) is 0 Å². The topological polar surface area (TPSA) is 0 Å². The van der Waals surface area contributed by atoms with Gasteiger partial charge in [0.1, 0.15) is 0 Å². The van der Waals surface area contributed by atoms with Gasteiger partial charge in [-0.1, -0.05) is 69.2 Å². The molecular weight excluding hydrogens is 348 g/mol. The number of halogens is 1. The van der Waals surface area contributed by atoms with Gasteiger partial charge in [-0.25, -0.2) is 0 Å². The molecule has 0 nitrogen and oxygen atoms in total. The van der Waals surface area contributed by atoms with E-state index in [1.165, 1.54) is 78.6 Å². The van der Waals surface area contributed by atoms with Crippen LogP contribution in [-0.4, -0.2) is 0 Å². The zero-order chi connectivity index (χ0) is 19.8. The Hall–Kier alpha value is 1.00. The second-order valence-electron chi connectivity index (χ2n) is 6.25. The summed E-state index contributed by atoms with van der Waals surface area (Å²) in [6, 6.07) is 0. The summed E-state index contributed by atoms with van der Waals surface area (Å²) in [7, 11) is 4.64. The molecule has 0 saturated heterocycles. The molecule has 2 saturated carbocycles. The minimum absolute atomic E-state index is 1.47. The molecule has 2 heteroatoms. The normalized spacial score (nSPS) is 24.2. The summed E-state index contributed by atoms with van der Waals surface area (Å²) in [5.74, 6) is 14.7. The fraction of sp³-hybridized carbons (Fsp3) is 0.500. The van der Waals surface area contributed by atoms with Crippen molar-refractivity contribution >= 4 is 9.30 Å². The van der Waals surface area contributed by atoms with Crippen LogP contribution in [0.1, 0.15) is 76.2 Å². The van der Waals surface area contributed by atoms with Crippen molar-refractivity contribution in [2.75, 3.05) is 0 Å². The van der Waals surface area contributed by atoms with Crippen molar-refractivity contribution in [3.05, 3.63) is 66.1 Å². The fourth-order valence-corrected chi connectivity index (χ4v) is 2.81. The molecule has 0 N–H and O–H groups in total. The van der Waals surface area contributed by atoms with E-state index in [0.29, 0.717) is 0 Å². The summed E-state index contributed by atoms with van der Waals surface area (Å²) in [5.41, 5.74) is 0. The molecule has 10 radical (unpaired) electrons. The summed E-state index contributed by atoms with van der Waals surface area (Å²) >= 11 is 1.47. The van der Waals surface area contributed by atoms with Crippen molar-refractivity contribution in [2.24, 2.45) is 0 Å². The minimum atomic E-state index is 1.47. The van der Waals surface area contributed by atoms with Gasteiger partial charge in [0.05, 0.1) is 0 Å². The molecule has 0 amide bonds. The van der Waals surface area contributed by atoms with Crippen molar-refractivity contribution in [3.8, 4) is 0 Å². The Kier molecular flexibility index (Phi) is 15.0. The second-order valence-corrected chi connectivity index (χ2v) is 6.25. The molecule has 0 aromatic heterocycles. The van der Waals surface area contributed by atoms with Crippen LogP contribution in [-0.2, 0) is 19.4 Å². The molecule has 0 aromatic carbocycles. The second kappa shape index (κ2) is 13.2. The molecule has 2 rings (SSSR count). The zero-order valence-corrected chi connectivity index (χ0v) is 19.9. The van der Waals surface area contributed by atoms with E-state index in [1.54, 1.807) is 6.92 Å². The van der Waals surface area contributed by atoms with Crippen LogP contribution >= 0.6 is 9.30 Å². The molecule has 0 aromatic rings. The number of hydrogen-bond donors (Lipinski definition) is 0. The average Bonchev–Trinajstić information content (AvgIpc) is 2.89. The van der Waals surface area contributed by atoms with Gasteiger partial charge in [0.25, 0.3) is 0 Å². The van der Waals surface area contributed by atoms with Crippen LogP contribution in [0.5, 0.6) is 0 Å². The van der Waals surface area contributed by atoms with Crippen molar-refractivity contribution in [1.82, 2.24) is 0 Å². The van der Waals surface area contributed by atoms with Crippen molar-refractivity contribution in [2.45, 2.75) is 76.2 Å². The van der Waals surface area contributed by atoms with E-state index in [2.05, 4.69) is 85.5 Å². The van der Waals surface area contributed by atoms with Crippen LogP contribution in [0, 0.1) is 66.1 Å². The Morgan fingerprint density at radius 2 is 0.417 bits per heavy atom. The van der Waals surface area contributed by atoms with Crippen molar-refractivity contribution in [3.63, 3.8) is 0 Å². The van der Waals surface area contributed by atoms with Gasteiger partial charge in [0.2, 0.25) is 0 Å². The molecule has 0 atom stereocenters. The molecule has 0 unspecified atom stereocenters. The first-order valence-electron chi connectivity index (χ1n) is 8.40. The SMILES string of the molecule is C[C]1[C](C)[C](C)[C](C)[C]1C.C[C]1[C](C)[C](C)[C](C)[C]1C.[CH2-]C.[Cl][Ti+]. The van der Waals surface area contributed by atoms with Gasteiger partial charge in [-0.2, -0.15) is 6.92 Å². The zero-order valence-electron chi connectivity index (χ0n) is 17.6. The van der Waals surface area contributed by atoms with Gasteiger partial charge in [-0.3, -0.25) is 0 Å². The molecule has 0 heterocycles. The molecular formula is C22H35ClTi. The van der Waals surface area contributed by atoms with Crippen LogP contribution in [0.2, 0.25) is 0 Å². The van der Waals surface area contributed by atoms with Crippen LogP contribution in [0.25, 0.3) is 0 Å². The first-order valence-corrected chi connectivity index (χ1v) is 10.5. The van der Waals surface area contributed by atoms with Crippen LogP contribution < -0.4 is 0 Å². The van der Waals surface area contributed by atoms with Crippen LogP contribution in [0.4, 0.5) is 0 Å². The van der Waals surface area contributed by atoms with Gasteiger partial charge < -0.3 is 6.92 Å². The maximum absolute atomic E-state index is 4.64. The molecule has 0 aliphatic heterocycles. The van der Waals surface area contributed by atoms with E-state index in [-0.39, 0.29) is 0 Å². The molecule has 24 heavy (non-hydrogen) atoms. The monoisotopic (exact) mass is 382 g/mol. The summed E-state index contributed by atoms with van der Waals surface area (Å²) < 4.78 is 0. The molecule has 2 fully saturated rings. The van der Waals surface area contributed by atoms with E-state index >= 15 is 0 Å². The summed E-state index contributed by atoms with van der Waals surface area (Å²) in [4.78, 5) is 0.